The highest BCUT2D eigenvalue weighted by molar-refractivity contribution is 6.08. The smallest absolute Gasteiger partial charge is 0.262 e. The molecular formula is C54H78O12. The molecule has 0 fully saturated rings. The van der Waals surface area contributed by atoms with E-state index in [1.807, 2.05) is 146 Å². The molecule has 12 heteroatoms. The molecule has 0 bridgehead atoms. The Bertz CT molecular complexity index is 1930. The summed E-state index contributed by atoms with van der Waals surface area (Å²) in [5.74, 6) is -6.74. The van der Waals surface area contributed by atoms with Gasteiger partial charge in [-0.25, -0.2) is 0 Å². The first-order valence-electron chi connectivity index (χ1n) is 24.3. The van der Waals surface area contributed by atoms with E-state index in [-0.39, 0.29) is 66.1 Å². The van der Waals surface area contributed by atoms with Crippen LogP contribution in [0.25, 0.3) is 21.5 Å². The Morgan fingerprint density at radius 1 is 0.394 bits per heavy atom. The molecule has 2 aliphatic carbocycles. The van der Waals surface area contributed by atoms with Crippen molar-refractivity contribution in [3.05, 3.63) is 108 Å². The first-order chi connectivity index (χ1) is 32.0. The summed E-state index contributed by atoms with van der Waals surface area (Å²) >= 11 is 0. The fraction of sp³-hybridized carbons (Fsp3) is 0.593. The fourth-order valence-corrected chi connectivity index (χ4v) is 10.7. The van der Waals surface area contributed by atoms with Crippen LogP contribution in [-0.4, -0.2) is 89.2 Å². The molecule has 66 heavy (non-hydrogen) atoms. The number of hydrogen-bond donors (Lipinski definition) is 0. The van der Waals surface area contributed by atoms with Crippen molar-refractivity contribution in [2.75, 3.05) is 66.1 Å². The van der Waals surface area contributed by atoms with E-state index < -0.39 is 46.2 Å². The van der Waals surface area contributed by atoms with Crippen LogP contribution in [0.3, 0.4) is 0 Å². The molecule has 0 saturated heterocycles. The normalized spacial score (nSPS) is 24.6. The zero-order valence-electron chi connectivity index (χ0n) is 42.2. The molecule has 366 valence electrons. The summed E-state index contributed by atoms with van der Waals surface area (Å²) in [5, 5.41) is 3.18. The lowest BCUT2D eigenvalue weighted by atomic mass is 9.65. The van der Waals surface area contributed by atoms with Gasteiger partial charge in [-0.1, -0.05) is 60.7 Å². The predicted octanol–water partition coefficient (Wildman–Crippen LogP) is 11.7. The summed E-state index contributed by atoms with van der Waals surface area (Å²) in [5.41, 5.74) is -1.76. The molecule has 0 amide bonds. The Morgan fingerprint density at radius 3 is 0.879 bits per heavy atom. The average Bonchev–Trinajstić information content (AvgIpc) is 3.31. The Hall–Kier alpha value is -3.66. The summed E-state index contributed by atoms with van der Waals surface area (Å²) in [6.45, 7) is 29.8. The summed E-state index contributed by atoms with van der Waals surface area (Å²) in [7, 11) is 0. The van der Waals surface area contributed by atoms with E-state index in [2.05, 4.69) is 24.3 Å². The van der Waals surface area contributed by atoms with Crippen molar-refractivity contribution in [1.29, 1.82) is 0 Å². The van der Waals surface area contributed by atoms with Crippen LogP contribution >= 0.6 is 0 Å². The van der Waals surface area contributed by atoms with Crippen LogP contribution in [0.4, 0.5) is 0 Å². The maximum atomic E-state index is 7.40. The van der Waals surface area contributed by atoms with E-state index >= 15 is 0 Å². The fourth-order valence-electron chi connectivity index (χ4n) is 10.7. The number of hydrogen-bond acceptors (Lipinski definition) is 12. The van der Waals surface area contributed by atoms with Crippen LogP contribution in [0.5, 0.6) is 0 Å². The molecular weight excluding hydrogens is 841 g/mol. The SMILES string of the molecule is CC=COC1=CC(OCC)(c2c3ccccc3c(C3(OCC)C=C(OC=CC)C(C)C(OCC)(OCC)C3(OCC)OCC)c3ccccc23)C(OCC)(OCC)C(OCC)(OCC)C1C. The number of allylic oxidation sites excluding steroid dienone is 2. The first-order valence-corrected chi connectivity index (χ1v) is 24.3. The van der Waals surface area contributed by atoms with Crippen molar-refractivity contribution in [3.63, 3.8) is 0 Å². The van der Waals surface area contributed by atoms with Gasteiger partial charge in [-0.3, -0.25) is 0 Å². The number of ether oxygens (including phenoxy) is 12. The van der Waals surface area contributed by atoms with Gasteiger partial charge < -0.3 is 56.8 Å². The second kappa shape index (κ2) is 23.1. The molecule has 4 unspecified atom stereocenters. The Balaban J connectivity index is 2.22. The first kappa shape index (κ1) is 53.3. The monoisotopic (exact) mass is 919 g/mol. The molecule has 2 aliphatic rings. The lowest BCUT2D eigenvalue weighted by Crippen LogP contribution is -2.76. The Morgan fingerprint density at radius 2 is 0.652 bits per heavy atom. The highest BCUT2D eigenvalue weighted by atomic mass is 16.8. The van der Waals surface area contributed by atoms with Crippen LogP contribution in [0.2, 0.25) is 0 Å². The second-order valence-corrected chi connectivity index (χ2v) is 15.9. The van der Waals surface area contributed by atoms with Gasteiger partial charge >= 0.3 is 0 Å². The molecule has 4 atom stereocenters. The standard InChI is InChI=1S/C54H78O12/c1-15-35-55-45-37-49(57-17-3,53(63-23-9,64-24-10)51(39(45)13,59-19-5)60-20-6)47-41-31-27-29-33-43(41)48(44-34-30-28-32-42(44)47)50(58-18-4)38-46(56-36-16-2)40(14)52(61-21-7,62-22-8)54(50,65-25-11)66-26-12/h15-16,27-40H,17-26H2,1-14H3. The van der Waals surface area contributed by atoms with E-state index in [9.17, 15) is 0 Å². The molecule has 0 radical (unpaired) electrons. The molecule has 3 aromatic rings. The molecule has 0 N–H and O–H groups in total. The van der Waals surface area contributed by atoms with Gasteiger partial charge in [0, 0.05) is 77.2 Å². The number of benzene rings is 3. The van der Waals surface area contributed by atoms with Crippen molar-refractivity contribution < 1.29 is 56.8 Å². The topological polar surface area (TPSA) is 111 Å². The van der Waals surface area contributed by atoms with Crippen molar-refractivity contribution in [1.82, 2.24) is 0 Å². The summed E-state index contributed by atoms with van der Waals surface area (Å²) in [6, 6.07) is 16.5. The van der Waals surface area contributed by atoms with Gasteiger partial charge in [-0.15, -0.1) is 0 Å². The molecule has 3 aromatic carbocycles. The lowest BCUT2D eigenvalue weighted by molar-refractivity contribution is -0.466. The van der Waals surface area contributed by atoms with Crippen LogP contribution in [0, 0.1) is 11.8 Å². The van der Waals surface area contributed by atoms with Crippen molar-refractivity contribution in [2.24, 2.45) is 11.8 Å². The molecule has 0 spiro atoms. The Labute approximate surface area is 394 Å². The van der Waals surface area contributed by atoms with E-state index in [1.165, 1.54) is 0 Å². The van der Waals surface area contributed by atoms with Gasteiger partial charge in [0.25, 0.3) is 11.6 Å². The molecule has 0 saturated carbocycles. The molecule has 12 nitrogen and oxygen atoms in total. The third-order valence-electron chi connectivity index (χ3n) is 12.5. The van der Waals surface area contributed by atoms with Gasteiger partial charge in [0.2, 0.25) is 11.6 Å². The van der Waals surface area contributed by atoms with Crippen molar-refractivity contribution in [3.8, 4) is 0 Å². The van der Waals surface area contributed by atoms with E-state index in [0.29, 0.717) is 11.5 Å². The predicted molar refractivity (Wildman–Crippen MR) is 258 cm³/mol. The minimum atomic E-state index is -1.77. The van der Waals surface area contributed by atoms with Crippen LogP contribution in [-0.2, 0) is 68.0 Å². The third kappa shape index (κ3) is 8.26. The largest absolute Gasteiger partial charge is 0.469 e. The minimum Gasteiger partial charge on any atom is -0.469 e. The highest BCUT2D eigenvalue weighted by Crippen LogP contribution is 2.64. The third-order valence-corrected chi connectivity index (χ3v) is 12.5. The number of fused-ring (bicyclic) bond motifs is 2. The van der Waals surface area contributed by atoms with E-state index in [4.69, 9.17) is 56.8 Å². The summed E-state index contributed by atoms with van der Waals surface area (Å²) < 4.78 is 84.5. The zero-order chi connectivity index (χ0) is 48.2. The quantitative estimate of drug-likeness (QED) is 0.0434. The van der Waals surface area contributed by atoms with Crippen LogP contribution < -0.4 is 0 Å². The van der Waals surface area contributed by atoms with Gasteiger partial charge in [0.05, 0.1) is 24.4 Å². The van der Waals surface area contributed by atoms with Gasteiger partial charge in [0.15, 0.2) is 11.2 Å². The maximum Gasteiger partial charge on any atom is 0.262 e. The zero-order valence-corrected chi connectivity index (χ0v) is 42.2. The van der Waals surface area contributed by atoms with Gasteiger partial charge in [-0.2, -0.15) is 0 Å². The van der Waals surface area contributed by atoms with Crippen LogP contribution in [0.15, 0.2) is 96.9 Å². The Kier molecular flexibility index (Phi) is 18.6. The second-order valence-electron chi connectivity index (χ2n) is 15.9. The van der Waals surface area contributed by atoms with Crippen molar-refractivity contribution >= 4 is 21.5 Å². The van der Waals surface area contributed by atoms with Gasteiger partial charge in [-0.05, 0) is 131 Å². The maximum absolute atomic E-state index is 7.40. The molecule has 0 aliphatic heterocycles. The summed E-state index contributed by atoms with van der Waals surface area (Å²) in [4.78, 5) is 0. The summed E-state index contributed by atoms with van der Waals surface area (Å²) in [6.07, 6.45) is 11.0. The highest BCUT2D eigenvalue weighted by Gasteiger charge is 2.77. The van der Waals surface area contributed by atoms with Crippen molar-refractivity contribution in [2.45, 2.75) is 131 Å². The van der Waals surface area contributed by atoms with Crippen LogP contribution in [0.1, 0.15) is 108 Å². The molecule has 5 rings (SSSR count). The molecule has 0 heterocycles. The number of rotatable bonds is 26. The minimum absolute atomic E-state index is 0.226. The molecule has 0 aromatic heterocycles. The van der Waals surface area contributed by atoms with E-state index in [0.717, 1.165) is 32.7 Å². The lowest BCUT2D eigenvalue weighted by Gasteiger charge is -2.61. The van der Waals surface area contributed by atoms with E-state index in [1.54, 1.807) is 12.5 Å². The average molecular weight is 919 g/mol. The van der Waals surface area contributed by atoms with Gasteiger partial charge in [0.1, 0.15) is 11.5 Å².